The quantitative estimate of drug-likeness (QED) is 0.859. The van der Waals surface area contributed by atoms with Gasteiger partial charge >= 0.3 is 0 Å². The molecule has 1 aromatic rings. The first-order chi connectivity index (χ1) is 7.75. The number of hydrogen-bond acceptors (Lipinski definition) is 4. The summed E-state index contributed by atoms with van der Waals surface area (Å²) in [5, 5.41) is 6.74. The molecule has 1 unspecified atom stereocenters. The Morgan fingerprint density at radius 3 is 3.12 bits per heavy atom. The molecule has 1 aromatic heterocycles. The Bertz CT molecular complexity index is 319. The van der Waals surface area contributed by atoms with Crippen LogP contribution in [0.4, 0.5) is 0 Å². The SMILES string of the molecule is CC(C)c1nc(COCC2CCCN2)cs1. The van der Waals surface area contributed by atoms with Crippen LogP contribution in [0.1, 0.15) is 43.3 Å². The highest BCUT2D eigenvalue weighted by atomic mass is 32.1. The van der Waals surface area contributed by atoms with Gasteiger partial charge in [-0.05, 0) is 19.4 Å². The number of hydrogen-bond donors (Lipinski definition) is 1. The molecule has 1 saturated heterocycles. The molecule has 1 N–H and O–H groups in total. The lowest BCUT2D eigenvalue weighted by Gasteiger charge is -2.09. The zero-order valence-electron chi connectivity index (χ0n) is 10.0. The van der Waals surface area contributed by atoms with Crippen molar-refractivity contribution in [2.75, 3.05) is 13.2 Å². The largest absolute Gasteiger partial charge is 0.374 e. The van der Waals surface area contributed by atoms with Gasteiger partial charge in [0.05, 0.1) is 23.9 Å². The minimum absolute atomic E-state index is 0.523. The summed E-state index contributed by atoms with van der Waals surface area (Å²) in [6, 6.07) is 0.559. The molecule has 3 nitrogen and oxygen atoms in total. The first-order valence-corrected chi connectivity index (χ1v) is 6.89. The van der Waals surface area contributed by atoms with Gasteiger partial charge in [-0.1, -0.05) is 13.8 Å². The fourth-order valence-corrected chi connectivity index (χ4v) is 2.68. The lowest BCUT2D eigenvalue weighted by atomic mass is 10.2. The first-order valence-electron chi connectivity index (χ1n) is 6.01. The summed E-state index contributed by atoms with van der Waals surface area (Å²) < 4.78 is 5.68. The van der Waals surface area contributed by atoms with Gasteiger partial charge in [0.1, 0.15) is 0 Å². The van der Waals surface area contributed by atoms with Gasteiger partial charge in [0.25, 0.3) is 0 Å². The fourth-order valence-electron chi connectivity index (χ4n) is 1.86. The van der Waals surface area contributed by atoms with Crippen molar-refractivity contribution < 1.29 is 4.74 Å². The molecule has 1 atom stereocenters. The predicted molar refractivity (Wildman–Crippen MR) is 66.9 cm³/mol. The number of rotatable bonds is 5. The molecule has 2 heterocycles. The van der Waals surface area contributed by atoms with Crippen molar-refractivity contribution in [2.24, 2.45) is 0 Å². The molecular weight excluding hydrogens is 220 g/mol. The maximum atomic E-state index is 5.68. The average molecular weight is 240 g/mol. The Morgan fingerprint density at radius 2 is 2.50 bits per heavy atom. The Labute approximate surface area is 101 Å². The third-order valence-electron chi connectivity index (χ3n) is 2.79. The fraction of sp³-hybridized carbons (Fsp3) is 0.750. The third kappa shape index (κ3) is 3.27. The van der Waals surface area contributed by atoms with E-state index in [2.05, 4.69) is 29.5 Å². The minimum Gasteiger partial charge on any atom is -0.374 e. The van der Waals surface area contributed by atoms with Gasteiger partial charge in [-0.15, -0.1) is 11.3 Å². The zero-order valence-corrected chi connectivity index (χ0v) is 10.8. The molecule has 1 fully saturated rings. The standard InChI is InChI=1S/C12H20N2OS/c1-9(2)12-14-11(8-16-12)7-15-6-10-4-3-5-13-10/h8-10,13H,3-7H2,1-2H3. The van der Waals surface area contributed by atoms with Crippen LogP contribution in [0, 0.1) is 0 Å². The molecule has 0 radical (unpaired) electrons. The molecule has 0 spiro atoms. The van der Waals surface area contributed by atoms with Gasteiger partial charge in [0.2, 0.25) is 0 Å². The summed E-state index contributed by atoms with van der Waals surface area (Å²) in [5.41, 5.74) is 1.08. The molecule has 0 bridgehead atoms. The smallest absolute Gasteiger partial charge is 0.0954 e. The van der Waals surface area contributed by atoms with E-state index in [1.165, 1.54) is 17.8 Å². The first kappa shape index (κ1) is 12.0. The number of nitrogens with one attached hydrogen (secondary N) is 1. The second kappa shape index (κ2) is 5.75. The summed E-state index contributed by atoms with van der Waals surface area (Å²) in [6.07, 6.45) is 2.52. The van der Waals surface area contributed by atoms with Crippen molar-refractivity contribution in [1.82, 2.24) is 10.3 Å². The molecule has 90 valence electrons. The molecule has 16 heavy (non-hydrogen) atoms. The normalized spacial score (nSPS) is 20.8. The molecule has 0 aliphatic carbocycles. The lowest BCUT2D eigenvalue weighted by Crippen LogP contribution is -2.26. The molecule has 0 amide bonds. The molecule has 0 saturated carbocycles. The van der Waals surface area contributed by atoms with Gasteiger partial charge in [-0.25, -0.2) is 4.98 Å². The van der Waals surface area contributed by atoms with Crippen LogP contribution >= 0.6 is 11.3 Å². The second-order valence-corrected chi connectivity index (χ2v) is 5.53. The van der Waals surface area contributed by atoms with Crippen LogP contribution in [0.25, 0.3) is 0 Å². The number of thiazole rings is 1. The molecule has 1 aliphatic rings. The molecule has 1 aliphatic heterocycles. The van der Waals surface area contributed by atoms with Gasteiger partial charge < -0.3 is 10.1 Å². The average Bonchev–Trinajstić information content (AvgIpc) is 2.87. The Morgan fingerprint density at radius 1 is 1.62 bits per heavy atom. The van der Waals surface area contributed by atoms with Crippen LogP contribution in [-0.2, 0) is 11.3 Å². The minimum atomic E-state index is 0.523. The van der Waals surface area contributed by atoms with E-state index in [9.17, 15) is 0 Å². The van der Waals surface area contributed by atoms with E-state index in [0.717, 1.165) is 18.8 Å². The summed E-state index contributed by atoms with van der Waals surface area (Å²) in [4.78, 5) is 4.55. The Hall–Kier alpha value is -0.450. The molecular formula is C12H20N2OS. The van der Waals surface area contributed by atoms with Crippen LogP contribution in [0.3, 0.4) is 0 Å². The zero-order chi connectivity index (χ0) is 11.4. The van der Waals surface area contributed by atoms with Crippen molar-refractivity contribution in [3.05, 3.63) is 16.1 Å². The summed E-state index contributed by atoms with van der Waals surface area (Å²) in [6.45, 7) is 6.95. The van der Waals surface area contributed by atoms with Gasteiger partial charge in [0.15, 0.2) is 0 Å². The van der Waals surface area contributed by atoms with E-state index in [1.807, 2.05) is 0 Å². The van der Waals surface area contributed by atoms with Gasteiger partial charge in [0, 0.05) is 17.3 Å². The second-order valence-electron chi connectivity index (χ2n) is 4.64. The lowest BCUT2D eigenvalue weighted by molar-refractivity contribution is 0.101. The van der Waals surface area contributed by atoms with Crippen LogP contribution in [0.5, 0.6) is 0 Å². The Kier molecular flexibility index (Phi) is 4.32. The van der Waals surface area contributed by atoms with E-state index in [-0.39, 0.29) is 0 Å². The number of ether oxygens (including phenoxy) is 1. The highest BCUT2D eigenvalue weighted by Gasteiger charge is 2.14. The Balaban J connectivity index is 1.72. The summed E-state index contributed by atoms with van der Waals surface area (Å²) in [5.74, 6) is 0.523. The molecule has 2 rings (SSSR count). The van der Waals surface area contributed by atoms with E-state index in [1.54, 1.807) is 11.3 Å². The van der Waals surface area contributed by atoms with E-state index in [4.69, 9.17) is 4.74 Å². The van der Waals surface area contributed by atoms with Crippen molar-refractivity contribution in [3.8, 4) is 0 Å². The van der Waals surface area contributed by atoms with Gasteiger partial charge in [-0.3, -0.25) is 0 Å². The van der Waals surface area contributed by atoms with Crippen LogP contribution in [-0.4, -0.2) is 24.2 Å². The highest BCUT2D eigenvalue weighted by molar-refractivity contribution is 7.09. The van der Waals surface area contributed by atoms with E-state index in [0.29, 0.717) is 18.6 Å². The highest BCUT2D eigenvalue weighted by Crippen LogP contribution is 2.19. The number of aromatic nitrogens is 1. The van der Waals surface area contributed by atoms with E-state index >= 15 is 0 Å². The van der Waals surface area contributed by atoms with Crippen LogP contribution in [0.2, 0.25) is 0 Å². The molecule has 0 aromatic carbocycles. The summed E-state index contributed by atoms with van der Waals surface area (Å²) >= 11 is 1.73. The number of nitrogens with zero attached hydrogens (tertiary/aromatic N) is 1. The van der Waals surface area contributed by atoms with Gasteiger partial charge in [-0.2, -0.15) is 0 Å². The maximum absolute atomic E-state index is 5.68. The van der Waals surface area contributed by atoms with E-state index < -0.39 is 0 Å². The van der Waals surface area contributed by atoms with Crippen LogP contribution < -0.4 is 5.32 Å². The maximum Gasteiger partial charge on any atom is 0.0954 e. The van der Waals surface area contributed by atoms with Crippen molar-refractivity contribution in [1.29, 1.82) is 0 Å². The van der Waals surface area contributed by atoms with Crippen LogP contribution in [0.15, 0.2) is 5.38 Å². The predicted octanol–water partition coefficient (Wildman–Crippen LogP) is 2.54. The summed E-state index contributed by atoms with van der Waals surface area (Å²) in [7, 11) is 0. The van der Waals surface area contributed by atoms with Crippen molar-refractivity contribution in [2.45, 2.75) is 45.3 Å². The topological polar surface area (TPSA) is 34.1 Å². The van der Waals surface area contributed by atoms with Crippen molar-refractivity contribution in [3.63, 3.8) is 0 Å². The molecule has 4 heteroatoms. The van der Waals surface area contributed by atoms with Crippen molar-refractivity contribution >= 4 is 11.3 Å². The monoisotopic (exact) mass is 240 g/mol. The third-order valence-corrected chi connectivity index (χ3v) is 3.99.